The molecule has 2 rings (SSSR count). The lowest BCUT2D eigenvalue weighted by atomic mass is 9.98. The van der Waals surface area contributed by atoms with Crippen molar-refractivity contribution in [3.8, 4) is 0 Å². The molecule has 4 heteroatoms. The highest BCUT2D eigenvalue weighted by molar-refractivity contribution is 6.31. The van der Waals surface area contributed by atoms with Crippen molar-refractivity contribution in [1.82, 2.24) is 5.32 Å². The van der Waals surface area contributed by atoms with Gasteiger partial charge in [0, 0.05) is 18.7 Å². The second-order valence-corrected chi connectivity index (χ2v) is 4.47. The van der Waals surface area contributed by atoms with Crippen LogP contribution in [0.5, 0.6) is 0 Å². The van der Waals surface area contributed by atoms with Crippen LogP contribution in [-0.4, -0.2) is 19.7 Å². The fourth-order valence-electron chi connectivity index (χ4n) is 2.00. The summed E-state index contributed by atoms with van der Waals surface area (Å²) in [5.74, 6) is -0.367. The first kappa shape index (κ1) is 11.8. The molecule has 1 aliphatic rings. The molecule has 1 fully saturated rings. The average Bonchev–Trinajstić information content (AvgIpc) is 2.28. The zero-order chi connectivity index (χ0) is 11.7. The van der Waals surface area contributed by atoms with Crippen LogP contribution in [0.1, 0.15) is 22.8 Å². The maximum Gasteiger partial charge on any atom is 0.142 e. The summed E-state index contributed by atoms with van der Waals surface area (Å²) >= 11 is 6.02. The minimum atomic E-state index is -0.367. The summed E-state index contributed by atoms with van der Waals surface area (Å²) < 4.78 is 19.2. The number of nitrogens with one attached hydrogen (secondary N) is 1. The van der Waals surface area contributed by atoms with Crippen molar-refractivity contribution in [3.63, 3.8) is 0 Å². The van der Waals surface area contributed by atoms with Gasteiger partial charge < -0.3 is 10.1 Å². The summed E-state index contributed by atoms with van der Waals surface area (Å²) in [6.07, 6.45) is -0.143. The van der Waals surface area contributed by atoms with Gasteiger partial charge in [-0.15, -0.1) is 0 Å². The van der Waals surface area contributed by atoms with Crippen molar-refractivity contribution >= 4 is 11.6 Å². The first-order valence-electron chi connectivity index (χ1n) is 5.38. The molecule has 1 aliphatic heterocycles. The van der Waals surface area contributed by atoms with Crippen molar-refractivity contribution in [2.24, 2.45) is 0 Å². The van der Waals surface area contributed by atoms with Crippen LogP contribution in [0.3, 0.4) is 0 Å². The smallest absolute Gasteiger partial charge is 0.142 e. The van der Waals surface area contributed by atoms with Crippen LogP contribution >= 0.6 is 11.6 Å². The molecular formula is C12H15ClFNO. The van der Waals surface area contributed by atoms with E-state index in [4.69, 9.17) is 16.3 Å². The molecule has 1 N–H and O–H groups in total. The molecule has 1 aromatic carbocycles. The number of hydrogen-bond donors (Lipinski definition) is 1. The molecular weight excluding hydrogens is 229 g/mol. The predicted octanol–water partition coefficient (Wildman–Crippen LogP) is 2.76. The summed E-state index contributed by atoms with van der Waals surface area (Å²) in [5, 5.41) is 3.41. The van der Waals surface area contributed by atoms with E-state index in [1.807, 2.05) is 13.8 Å². The van der Waals surface area contributed by atoms with Crippen LogP contribution in [0.25, 0.3) is 0 Å². The van der Waals surface area contributed by atoms with Crippen LogP contribution in [0.4, 0.5) is 4.39 Å². The van der Waals surface area contributed by atoms with E-state index in [2.05, 4.69) is 5.32 Å². The molecule has 0 aliphatic carbocycles. The molecule has 0 radical (unpaired) electrons. The summed E-state index contributed by atoms with van der Waals surface area (Å²) in [6.45, 7) is 5.99. The van der Waals surface area contributed by atoms with Crippen LogP contribution < -0.4 is 5.32 Å². The number of benzene rings is 1. The topological polar surface area (TPSA) is 21.3 Å². The monoisotopic (exact) mass is 243 g/mol. The molecule has 0 aromatic heterocycles. The Morgan fingerprint density at radius 3 is 2.88 bits per heavy atom. The SMILES string of the molecule is Cc1cc(F)c(Cl)c(C2CNCCO2)c1C. The van der Waals surface area contributed by atoms with Crippen molar-refractivity contribution in [2.75, 3.05) is 19.7 Å². The highest BCUT2D eigenvalue weighted by atomic mass is 35.5. The van der Waals surface area contributed by atoms with E-state index in [-0.39, 0.29) is 16.9 Å². The van der Waals surface area contributed by atoms with E-state index in [9.17, 15) is 4.39 Å². The maximum atomic E-state index is 13.6. The standard InChI is InChI=1S/C12H15ClFNO/c1-7-5-9(14)12(13)11(8(7)2)10-6-15-3-4-16-10/h5,10,15H,3-4,6H2,1-2H3. The van der Waals surface area contributed by atoms with Crippen molar-refractivity contribution in [3.05, 3.63) is 33.6 Å². The summed E-state index contributed by atoms with van der Waals surface area (Å²) in [7, 11) is 0. The Morgan fingerprint density at radius 2 is 2.25 bits per heavy atom. The van der Waals surface area contributed by atoms with E-state index < -0.39 is 0 Å². The maximum absolute atomic E-state index is 13.6. The van der Waals surface area contributed by atoms with E-state index in [0.717, 1.165) is 23.2 Å². The Bertz CT molecular complexity index is 376. The second kappa shape index (κ2) is 4.70. The van der Waals surface area contributed by atoms with Crippen LogP contribution in [0, 0.1) is 19.7 Å². The van der Waals surface area contributed by atoms with E-state index in [1.54, 1.807) is 0 Å². The third-order valence-electron chi connectivity index (χ3n) is 3.03. The van der Waals surface area contributed by atoms with Gasteiger partial charge in [-0.05, 0) is 31.0 Å². The molecule has 1 heterocycles. The Kier molecular flexibility index (Phi) is 3.47. The third kappa shape index (κ3) is 2.08. The highest BCUT2D eigenvalue weighted by Gasteiger charge is 2.23. The number of aryl methyl sites for hydroxylation is 1. The van der Waals surface area contributed by atoms with E-state index in [1.165, 1.54) is 6.07 Å². The van der Waals surface area contributed by atoms with Gasteiger partial charge in [0.05, 0.1) is 17.7 Å². The fourth-order valence-corrected chi connectivity index (χ4v) is 2.32. The molecule has 0 amide bonds. The van der Waals surface area contributed by atoms with Crippen LogP contribution in [-0.2, 0) is 4.74 Å². The minimum absolute atomic E-state index is 0.143. The lowest BCUT2D eigenvalue weighted by Gasteiger charge is -2.26. The first-order valence-corrected chi connectivity index (χ1v) is 5.76. The summed E-state index contributed by atoms with van der Waals surface area (Å²) in [5.41, 5.74) is 2.71. The van der Waals surface area contributed by atoms with Crippen molar-refractivity contribution in [2.45, 2.75) is 20.0 Å². The fraction of sp³-hybridized carbons (Fsp3) is 0.500. The second-order valence-electron chi connectivity index (χ2n) is 4.09. The van der Waals surface area contributed by atoms with Crippen molar-refractivity contribution < 1.29 is 9.13 Å². The van der Waals surface area contributed by atoms with Gasteiger partial charge in [0.25, 0.3) is 0 Å². The molecule has 1 unspecified atom stereocenters. The highest BCUT2D eigenvalue weighted by Crippen LogP contribution is 2.33. The number of ether oxygens (including phenoxy) is 1. The normalized spacial score (nSPS) is 21.1. The molecule has 88 valence electrons. The van der Waals surface area contributed by atoms with Crippen LogP contribution in [0.15, 0.2) is 6.07 Å². The van der Waals surface area contributed by atoms with Gasteiger partial charge in [-0.3, -0.25) is 0 Å². The zero-order valence-electron chi connectivity index (χ0n) is 9.44. The van der Waals surface area contributed by atoms with Gasteiger partial charge in [-0.25, -0.2) is 4.39 Å². The van der Waals surface area contributed by atoms with Gasteiger partial charge in [-0.2, -0.15) is 0 Å². The molecule has 1 atom stereocenters. The number of rotatable bonds is 1. The Hall–Kier alpha value is -0.640. The quantitative estimate of drug-likeness (QED) is 0.819. The lowest BCUT2D eigenvalue weighted by Crippen LogP contribution is -2.34. The molecule has 0 bridgehead atoms. The molecule has 0 saturated carbocycles. The van der Waals surface area contributed by atoms with Gasteiger partial charge in [-0.1, -0.05) is 11.6 Å². The average molecular weight is 244 g/mol. The van der Waals surface area contributed by atoms with E-state index >= 15 is 0 Å². The number of hydrogen-bond acceptors (Lipinski definition) is 2. The Morgan fingerprint density at radius 1 is 1.50 bits per heavy atom. The lowest BCUT2D eigenvalue weighted by molar-refractivity contribution is 0.0272. The predicted molar refractivity (Wildman–Crippen MR) is 62.4 cm³/mol. The zero-order valence-corrected chi connectivity index (χ0v) is 10.2. The number of morpholine rings is 1. The molecule has 16 heavy (non-hydrogen) atoms. The minimum Gasteiger partial charge on any atom is -0.371 e. The third-order valence-corrected chi connectivity index (χ3v) is 3.42. The van der Waals surface area contributed by atoms with Gasteiger partial charge in [0.1, 0.15) is 5.82 Å². The van der Waals surface area contributed by atoms with Crippen LogP contribution in [0.2, 0.25) is 5.02 Å². The van der Waals surface area contributed by atoms with Gasteiger partial charge in [0.2, 0.25) is 0 Å². The largest absolute Gasteiger partial charge is 0.371 e. The van der Waals surface area contributed by atoms with Gasteiger partial charge >= 0.3 is 0 Å². The Labute approximate surface area is 99.7 Å². The van der Waals surface area contributed by atoms with E-state index in [0.29, 0.717) is 13.2 Å². The number of halogens is 2. The Balaban J connectivity index is 2.45. The molecule has 1 aromatic rings. The summed E-state index contributed by atoms with van der Waals surface area (Å²) in [4.78, 5) is 0. The molecule has 1 saturated heterocycles. The molecule has 0 spiro atoms. The van der Waals surface area contributed by atoms with Gasteiger partial charge in [0.15, 0.2) is 0 Å². The molecule has 2 nitrogen and oxygen atoms in total. The van der Waals surface area contributed by atoms with Crippen molar-refractivity contribution in [1.29, 1.82) is 0 Å². The first-order chi connectivity index (χ1) is 7.61. The summed E-state index contributed by atoms with van der Waals surface area (Å²) in [6, 6.07) is 1.47.